The Hall–Kier alpha value is -3.00. The zero-order chi connectivity index (χ0) is 22.8. The number of para-hydroxylation sites is 1. The second-order valence-corrected chi connectivity index (χ2v) is 9.91. The van der Waals surface area contributed by atoms with E-state index in [1.165, 1.54) is 0 Å². The van der Waals surface area contributed by atoms with Crippen molar-refractivity contribution in [3.05, 3.63) is 40.9 Å². The van der Waals surface area contributed by atoms with Gasteiger partial charge in [-0.15, -0.1) is 0 Å². The molecule has 7 nitrogen and oxygen atoms in total. The molecule has 2 aromatic carbocycles. The van der Waals surface area contributed by atoms with Gasteiger partial charge in [0.2, 0.25) is 0 Å². The van der Waals surface area contributed by atoms with Gasteiger partial charge < -0.3 is 18.6 Å². The van der Waals surface area contributed by atoms with E-state index in [4.69, 9.17) is 14.5 Å². The second-order valence-electron chi connectivity index (χ2n) is 9.00. The zero-order valence-corrected chi connectivity index (χ0v) is 20.4. The number of amides is 1. The van der Waals surface area contributed by atoms with E-state index in [1.807, 2.05) is 52.1 Å². The molecule has 1 aliphatic rings. The van der Waals surface area contributed by atoms with Crippen LogP contribution < -0.4 is 9.64 Å². The number of aromatic nitrogens is 3. The van der Waals surface area contributed by atoms with E-state index >= 15 is 0 Å². The number of benzene rings is 2. The lowest BCUT2D eigenvalue weighted by Gasteiger charge is -2.31. The lowest BCUT2D eigenvalue weighted by atomic mass is 10.2. The van der Waals surface area contributed by atoms with Crippen molar-refractivity contribution in [1.82, 2.24) is 14.1 Å². The van der Waals surface area contributed by atoms with Crippen LogP contribution in [0.15, 0.2) is 40.9 Å². The molecule has 0 saturated heterocycles. The van der Waals surface area contributed by atoms with Gasteiger partial charge in [0.15, 0.2) is 5.82 Å². The van der Waals surface area contributed by atoms with Gasteiger partial charge >= 0.3 is 6.09 Å². The molecular formula is C24H25BrN4O3. The number of aryl methyl sites for hydroxylation is 1. The van der Waals surface area contributed by atoms with Gasteiger partial charge in [0.05, 0.1) is 29.5 Å². The number of fused-ring (bicyclic) bond motifs is 1. The number of anilines is 1. The first-order valence-corrected chi connectivity index (χ1v) is 11.3. The zero-order valence-electron chi connectivity index (χ0n) is 18.8. The van der Waals surface area contributed by atoms with Crippen molar-refractivity contribution in [1.29, 1.82) is 0 Å². The van der Waals surface area contributed by atoms with E-state index in [0.717, 1.165) is 49.4 Å². The summed E-state index contributed by atoms with van der Waals surface area (Å²) < 4.78 is 16.5. The van der Waals surface area contributed by atoms with Crippen molar-refractivity contribution < 1.29 is 14.3 Å². The Morgan fingerprint density at radius 2 is 1.91 bits per heavy atom. The SMILES string of the molecule is COc1cc(Br)cc2nc(-c3cc4cccc5c4n3CCN5C(=O)OC(C)(C)C)n(C)c12. The van der Waals surface area contributed by atoms with Crippen LogP contribution >= 0.6 is 15.9 Å². The molecule has 5 rings (SSSR count). The van der Waals surface area contributed by atoms with Crippen molar-refractivity contribution in [3.8, 4) is 17.3 Å². The van der Waals surface area contributed by atoms with Crippen LogP contribution in [0.4, 0.5) is 10.5 Å². The summed E-state index contributed by atoms with van der Waals surface area (Å²) in [5, 5.41) is 1.06. The predicted molar refractivity (Wildman–Crippen MR) is 129 cm³/mol. The van der Waals surface area contributed by atoms with Crippen molar-refractivity contribution in [2.45, 2.75) is 32.9 Å². The van der Waals surface area contributed by atoms with Crippen LogP contribution in [0.5, 0.6) is 5.75 Å². The third-order valence-corrected chi connectivity index (χ3v) is 6.16. The lowest BCUT2D eigenvalue weighted by molar-refractivity contribution is 0.0578. The normalized spacial score (nSPS) is 13.8. The van der Waals surface area contributed by atoms with Crippen molar-refractivity contribution in [3.63, 3.8) is 0 Å². The minimum absolute atomic E-state index is 0.323. The highest BCUT2D eigenvalue weighted by Crippen LogP contribution is 2.39. The minimum Gasteiger partial charge on any atom is -0.494 e. The number of hydrogen-bond donors (Lipinski definition) is 0. The molecule has 0 aliphatic carbocycles. The molecule has 0 fully saturated rings. The Kier molecular flexibility index (Phi) is 4.74. The molecule has 4 aromatic rings. The largest absolute Gasteiger partial charge is 0.494 e. The van der Waals surface area contributed by atoms with E-state index in [1.54, 1.807) is 12.0 Å². The third kappa shape index (κ3) is 3.24. The highest BCUT2D eigenvalue weighted by molar-refractivity contribution is 9.10. The summed E-state index contributed by atoms with van der Waals surface area (Å²) >= 11 is 3.55. The first-order valence-electron chi connectivity index (χ1n) is 10.5. The third-order valence-electron chi connectivity index (χ3n) is 5.70. The molecule has 0 atom stereocenters. The molecule has 0 spiro atoms. The number of rotatable bonds is 2. The van der Waals surface area contributed by atoms with Crippen molar-refractivity contribution in [2.75, 3.05) is 18.6 Å². The van der Waals surface area contributed by atoms with Gasteiger partial charge in [0, 0.05) is 30.0 Å². The molecule has 0 radical (unpaired) electrons. The molecule has 0 N–H and O–H groups in total. The van der Waals surface area contributed by atoms with Crippen LogP contribution in [0, 0.1) is 0 Å². The van der Waals surface area contributed by atoms with Crippen LogP contribution in [0.2, 0.25) is 0 Å². The fourth-order valence-electron chi connectivity index (χ4n) is 4.43. The molecule has 8 heteroatoms. The van der Waals surface area contributed by atoms with Gasteiger partial charge in [-0.25, -0.2) is 9.78 Å². The summed E-state index contributed by atoms with van der Waals surface area (Å²) in [4.78, 5) is 19.5. The van der Waals surface area contributed by atoms with Crippen LogP contribution in [0.3, 0.4) is 0 Å². The van der Waals surface area contributed by atoms with Crippen molar-refractivity contribution in [2.24, 2.45) is 7.05 Å². The molecule has 0 bridgehead atoms. The van der Waals surface area contributed by atoms with Gasteiger partial charge in [0.1, 0.15) is 16.9 Å². The topological polar surface area (TPSA) is 61.5 Å². The van der Waals surface area contributed by atoms with Crippen LogP contribution in [0.25, 0.3) is 33.5 Å². The average Bonchev–Trinajstić information content (AvgIpc) is 3.25. The van der Waals surface area contributed by atoms with Gasteiger partial charge in [-0.1, -0.05) is 28.1 Å². The molecule has 3 heterocycles. The second kappa shape index (κ2) is 7.27. The number of carbonyl (C=O) groups excluding carboxylic acids is 1. The Balaban J connectivity index is 1.68. The summed E-state index contributed by atoms with van der Waals surface area (Å²) in [5.74, 6) is 1.62. The quantitative estimate of drug-likeness (QED) is 0.356. The van der Waals surface area contributed by atoms with E-state index < -0.39 is 5.60 Å². The molecular weight excluding hydrogens is 472 g/mol. The maximum atomic E-state index is 12.9. The Bertz CT molecular complexity index is 1380. The first-order chi connectivity index (χ1) is 15.2. The number of methoxy groups -OCH3 is 1. The Labute approximate surface area is 194 Å². The smallest absolute Gasteiger partial charge is 0.414 e. The maximum Gasteiger partial charge on any atom is 0.414 e. The molecule has 0 saturated carbocycles. The average molecular weight is 497 g/mol. The number of ether oxygens (including phenoxy) is 2. The Morgan fingerprint density at radius 3 is 2.62 bits per heavy atom. The monoisotopic (exact) mass is 496 g/mol. The molecule has 32 heavy (non-hydrogen) atoms. The van der Waals surface area contributed by atoms with Crippen LogP contribution in [-0.2, 0) is 18.3 Å². The number of halogens is 1. The summed E-state index contributed by atoms with van der Waals surface area (Å²) in [6.45, 7) is 6.83. The van der Waals surface area contributed by atoms with Gasteiger partial charge in [-0.2, -0.15) is 0 Å². The van der Waals surface area contributed by atoms with Crippen LogP contribution in [-0.4, -0.2) is 39.5 Å². The predicted octanol–water partition coefficient (Wildman–Crippen LogP) is 5.72. The molecule has 1 amide bonds. The van der Waals surface area contributed by atoms with Crippen LogP contribution in [0.1, 0.15) is 20.8 Å². The van der Waals surface area contributed by atoms with E-state index in [0.29, 0.717) is 13.1 Å². The Morgan fingerprint density at radius 1 is 1.12 bits per heavy atom. The molecule has 1 aliphatic heterocycles. The molecule has 2 aromatic heterocycles. The van der Waals surface area contributed by atoms with Crippen molar-refractivity contribution >= 4 is 49.6 Å². The summed E-state index contributed by atoms with van der Waals surface area (Å²) in [6, 6.07) is 12.1. The standard InChI is InChI=1S/C24H25BrN4O3/c1-24(2,3)32-23(30)29-10-9-28-18(11-14-7-6-8-17(29)20(14)28)22-26-16-12-15(25)13-19(31-5)21(16)27(22)4/h6-8,11-13H,9-10H2,1-5H3. The summed E-state index contributed by atoms with van der Waals surface area (Å²) in [6.07, 6.45) is -0.323. The summed E-state index contributed by atoms with van der Waals surface area (Å²) in [5.41, 5.74) is 4.13. The highest BCUT2D eigenvalue weighted by atomic mass is 79.9. The fraction of sp³-hybridized carbons (Fsp3) is 0.333. The summed E-state index contributed by atoms with van der Waals surface area (Å²) in [7, 11) is 3.67. The molecule has 0 unspecified atom stereocenters. The van der Waals surface area contributed by atoms with E-state index in [2.05, 4.69) is 37.2 Å². The van der Waals surface area contributed by atoms with Gasteiger partial charge in [-0.05, 0) is 45.0 Å². The number of hydrogen-bond acceptors (Lipinski definition) is 4. The number of nitrogens with zero attached hydrogens (tertiary/aromatic N) is 4. The minimum atomic E-state index is -0.546. The van der Waals surface area contributed by atoms with Gasteiger partial charge in [0.25, 0.3) is 0 Å². The lowest BCUT2D eigenvalue weighted by Crippen LogP contribution is -2.40. The number of carbonyl (C=O) groups is 1. The highest BCUT2D eigenvalue weighted by Gasteiger charge is 2.30. The van der Waals surface area contributed by atoms with Gasteiger partial charge in [-0.3, -0.25) is 4.90 Å². The molecule has 166 valence electrons. The van der Waals surface area contributed by atoms with E-state index in [9.17, 15) is 4.79 Å². The fourth-order valence-corrected chi connectivity index (χ4v) is 4.85. The first kappa shape index (κ1) is 20.9. The van der Waals surface area contributed by atoms with E-state index in [-0.39, 0.29) is 6.09 Å². The number of imidazole rings is 1. The maximum absolute atomic E-state index is 12.9.